The lowest BCUT2D eigenvalue weighted by molar-refractivity contribution is 1.19. The normalized spacial score (nSPS) is 12.8. The van der Waals surface area contributed by atoms with Crippen molar-refractivity contribution in [2.75, 3.05) is 0 Å². The molecule has 0 fully saturated rings. The summed E-state index contributed by atoms with van der Waals surface area (Å²) in [5.74, 6) is 0.627. The number of aromatic nitrogens is 2. The molecule has 15 heavy (non-hydrogen) atoms. The fourth-order valence-corrected chi connectivity index (χ4v) is 2.03. The molecule has 3 rings (SSSR count). The lowest BCUT2D eigenvalue weighted by Gasteiger charge is -2.02. The number of hydrogen-bond donors (Lipinski definition) is 0. The van der Waals surface area contributed by atoms with E-state index in [1.165, 1.54) is 11.9 Å². The average molecular weight is 214 g/mol. The van der Waals surface area contributed by atoms with Crippen molar-refractivity contribution in [2.45, 2.75) is 4.90 Å². The van der Waals surface area contributed by atoms with Gasteiger partial charge in [0.05, 0.1) is 10.6 Å². The number of hydrogen-bond acceptors (Lipinski definition) is 5. The third kappa shape index (κ3) is 1.41. The van der Waals surface area contributed by atoms with E-state index in [0.717, 1.165) is 16.2 Å². The Morgan fingerprint density at radius 1 is 1.00 bits per heavy atom. The summed E-state index contributed by atoms with van der Waals surface area (Å²) in [5.41, 5.74) is 1.83. The van der Waals surface area contributed by atoms with Crippen LogP contribution in [-0.4, -0.2) is 9.97 Å². The molecular formula is C10H6N4S. The lowest BCUT2D eigenvalue weighted by atomic mass is 10.2. The minimum atomic E-state index is 0.627. The molecule has 0 amide bonds. The van der Waals surface area contributed by atoms with Crippen LogP contribution in [0.1, 0.15) is 0 Å². The predicted molar refractivity (Wildman–Crippen MR) is 57.8 cm³/mol. The molecular weight excluding hydrogens is 208 g/mol. The van der Waals surface area contributed by atoms with Crippen molar-refractivity contribution in [1.82, 2.24) is 9.97 Å². The van der Waals surface area contributed by atoms with E-state index in [4.69, 9.17) is 0 Å². The van der Waals surface area contributed by atoms with Crippen LogP contribution in [0.3, 0.4) is 0 Å². The second-order valence-electron chi connectivity index (χ2n) is 3.00. The van der Waals surface area contributed by atoms with Crippen LogP contribution in [0.5, 0.6) is 0 Å². The summed E-state index contributed by atoms with van der Waals surface area (Å²) >= 11 is 1.32. The Bertz CT molecular complexity index is 538. The van der Waals surface area contributed by atoms with Gasteiger partial charge in [-0.3, -0.25) is 4.98 Å². The SMILES string of the molecule is c1cnc2c(c1)SN=Nc1ncccc1-2. The first-order valence-corrected chi connectivity index (χ1v) is 5.21. The van der Waals surface area contributed by atoms with Crippen molar-refractivity contribution in [3.63, 3.8) is 0 Å². The highest BCUT2D eigenvalue weighted by Gasteiger charge is 2.14. The Morgan fingerprint density at radius 2 is 1.87 bits per heavy atom. The number of pyridine rings is 2. The summed E-state index contributed by atoms with van der Waals surface area (Å²) in [7, 11) is 0. The molecule has 0 spiro atoms. The fraction of sp³-hybridized carbons (Fsp3) is 0. The predicted octanol–water partition coefficient (Wildman–Crippen LogP) is 3.25. The van der Waals surface area contributed by atoms with Gasteiger partial charge in [0.15, 0.2) is 5.82 Å². The van der Waals surface area contributed by atoms with Gasteiger partial charge in [-0.05, 0) is 24.3 Å². The molecule has 2 aromatic heterocycles. The fourth-order valence-electron chi connectivity index (χ4n) is 1.43. The molecule has 0 aromatic carbocycles. The molecule has 2 aromatic rings. The summed E-state index contributed by atoms with van der Waals surface area (Å²) in [4.78, 5) is 9.51. The van der Waals surface area contributed by atoms with E-state index in [2.05, 4.69) is 19.6 Å². The maximum Gasteiger partial charge on any atom is 0.184 e. The van der Waals surface area contributed by atoms with Gasteiger partial charge in [-0.1, -0.05) is 0 Å². The van der Waals surface area contributed by atoms with Crippen LogP contribution in [-0.2, 0) is 0 Å². The molecule has 0 bridgehead atoms. The Hall–Kier alpha value is -1.75. The Labute approximate surface area is 90.6 Å². The molecule has 3 heterocycles. The van der Waals surface area contributed by atoms with Crippen LogP contribution in [0.15, 0.2) is 51.2 Å². The second kappa shape index (κ2) is 3.43. The van der Waals surface area contributed by atoms with Crippen molar-refractivity contribution in [2.24, 2.45) is 9.63 Å². The third-order valence-electron chi connectivity index (χ3n) is 2.09. The van der Waals surface area contributed by atoms with Crippen LogP contribution >= 0.6 is 11.9 Å². The van der Waals surface area contributed by atoms with Gasteiger partial charge < -0.3 is 0 Å². The molecule has 0 N–H and O–H groups in total. The minimum Gasteiger partial charge on any atom is -0.255 e. The molecule has 0 saturated heterocycles. The van der Waals surface area contributed by atoms with Crippen molar-refractivity contribution >= 4 is 17.8 Å². The van der Waals surface area contributed by atoms with Crippen LogP contribution in [0.4, 0.5) is 5.82 Å². The zero-order valence-corrected chi connectivity index (χ0v) is 8.48. The lowest BCUT2D eigenvalue weighted by Crippen LogP contribution is -1.86. The summed E-state index contributed by atoms with van der Waals surface area (Å²) in [6.07, 6.45) is 3.47. The molecule has 0 unspecified atom stereocenters. The first-order valence-electron chi connectivity index (χ1n) is 4.43. The van der Waals surface area contributed by atoms with E-state index in [1.54, 1.807) is 12.4 Å². The van der Waals surface area contributed by atoms with Crippen molar-refractivity contribution in [3.8, 4) is 11.3 Å². The quantitative estimate of drug-likeness (QED) is 0.632. The number of rotatable bonds is 0. The topological polar surface area (TPSA) is 50.5 Å². The van der Waals surface area contributed by atoms with Gasteiger partial charge in [0.2, 0.25) is 0 Å². The van der Waals surface area contributed by atoms with E-state index in [1.807, 2.05) is 24.3 Å². The molecule has 0 saturated carbocycles. The number of fused-ring (bicyclic) bond motifs is 3. The first kappa shape index (κ1) is 8.55. The van der Waals surface area contributed by atoms with E-state index < -0.39 is 0 Å². The molecule has 0 atom stereocenters. The zero-order chi connectivity index (χ0) is 10.1. The molecule has 1 aliphatic heterocycles. The van der Waals surface area contributed by atoms with Gasteiger partial charge >= 0.3 is 0 Å². The molecule has 72 valence electrons. The van der Waals surface area contributed by atoms with E-state index in [9.17, 15) is 0 Å². The molecule has 4 nitrogen and oxygen atoms in total. The van der Waals surface area contributed by atoms with Gasteiger partial charge in [-0.2, -0.15) is 0 Å². The van der Waals surface area contributed by atoms with Crippen LogP contribution in [0.2, 0.25) is 0 Å². The van der Waals surface area contributed by atoms with Crippen molar-refractivity contribution in [3.05, 3.63) is 36.7 Å². The third-order valence-corrected chi connectivity index (χ3v) is 2.78. The van der Waals surface area contributed by atoms with Gasteiger partial charge in [0.1, 0.15) is 0 Å². The molecule has 0 aliphatic carbocycles. The Kier molecular flexibility index (Phi) is 1.96. The highest BCUT2D eigenvalue weighted by atomic mass is 32.2. The van der Waals surface area contributed by atoms with E-state index in [-0.39, 0.29) is 0 Å². The molecule has 5 heteroatoms. The van der Waals surface area contributed by atoms with E-state index >= 15 is 0 Å². The highest BCUT2D eigenvalue weighted by molar-refractivity contribution is 7.98. The Balaban J connectivity index is 2.33. The summed E-state index contributed by atoms with van der Waals surface area (Å²) in [6, 6.07) is 7.71. The molecule has 1 aliphatic rings. The maximum atomic E-state index is 4.34. The van der Waals surface area contributed by atoms with Gasteiger partial charge in [0.25, 0.3) is 0 Å². The van der Waals surface area contributed by atoms with Crippen molar-refractivity contribution < 1.29 is 0 Å². The van der Waals surface area contributed by atoms with Gasteiger partial charge in [-0.15, -0.1) is 9.63 Å². The largest absolute Gasteiger partial charge is 0.255 e. The number of nitrogens with zero attached hydrogens (tertiary/aromatic N) is 4. The summed E-state index contributed by atoms with van der Waals surface area (Å²) in [6.45, 7) is 0. The van der Waals surface area contributed by atoms with Crippen LogP contribution < -0.4 is 0 Å². The van der Waals surface area contributed by atoms with Crippen molar-refractivity contribution in [1.29, 1.82) is 0 Å². The van der Waals surface area contributed by atoms with E-state index in [0.29, 0.717) is 5.82 Å². The summed E-state index contributed by atoms with van der Waals surface area (Å²) in [5, 5.41) is 4.04. The second-order valence-corrected chi connectivity index (χ2v) is 3.78. The van der Waals surface area contributed by atoms with Crippen LogP contribution in [0, 0.1) is 0 Å². The Morgan fingerprint density at radius 3 is 2.87 bits per heavy atom. The smallest absolute Gasteiger partial charge is 0.184 e. The zero-order valence-electron chi connectivity index (χ0n) is 7.66. The maximum absolute atomic E-state index is 4.34. The van der Waals surface area contributed by atoms with Gasteiger partial charge in [0, 0.05) is 29.9 Å². The minimum absolute atomic E-state index is 0.627. The van der Waals surface area contributed by atoms with Crippen LogP contribution in [0.25, 0.3) is 11.3 Å². The van der Waals surface area contributed by atoms with Gasteiger partial charge in [-0.25, -0.2) is 4.98 Å². The standard InChI is InChI=1S/C10H6N4S/c1-3-7-9-8(4-2-5-11-9)15-14-13-10(7)12-6-1/h1-6H. The average Bonchev–Trinajstić information content (AvgIpc) is 2.48. The summed E-state index contributed by atoms with van der Waals surface area (Å²) < 4.78 is 3.99. The first-order chi connectivity index (χ1) is 7.45. The molecule has 0 radical (unpaired) electrons. The highest BCUT2D eigenvalue weighted by Crippen LogP contribution is 2.38. The monoisotopic (exact) mass is 214 g/mol.